The number of ketones is 1. The van der Waals surface area contributed by atoms with Gasteiger partial charge in [0.05, 0.1) is 0 Å². The van der Waals surface area contributed by atoms with Crippen LogP contribution in [0.5, 0.6) is 0 Å². The molecule has 1 aromatic rings. The topological polar surface area (TPSA) is 17.1 Å². The fourth-order valence-corrected chi connectivity index (χ4v) is 1.64. The lowest BCUT2D eigenvalue weighted by Crippen LogP contribution is -1.90. The highest BCUT2D eigenvalue weighted by atomic mass is 127. The van der Waals surface area contributed by atoms with E-state index < -0.39 is 0 Å². The Morgan fingerprint density at radius 3 is 2.27 bits per heavy atom. The zero-order chi connectivity index (χ0) is 8.27. The number of carbonyl (C=O) groups excluding carboxylic acids is 1. The molecule has 0 radical (unpaired) electrons. The highest BCUT2D eigenvalue weighted by molar-refractivity contribution is 14.2. The Hall–Kier alpha value is -0.510. The van der Waals surface area contributed by atoms with Crippen LogP contribution in [0.1, 0.15) is 17.3 Å². The van der Waals surface area contributed by atoms with E-state index in [2.05, 4.69) is 4.51 Å². The second-order valence-corrected chi connectivity index (χ2v) is 4.21. The Balaban J connectivity index is 3.00. The first-order valence-corrected chi connectivity index (χ1v) is 5.84. The third-order valence-corrected chi connectivity index (χ3v) is 3.01. The second-order valence-electron chi connectivity index (χ2n) is 2.20. The molecule has 0 saturated heterocycles. The molecule has 0 aliphatic rings. The largest absolute Gasteiger partial charge is 0.295 e. The summed E-state index contributed by atoms with van der Waals surface area (Å²) in [6.07, 6.45) is 0. The molecule has 1 rings (SSSR count). The molecule has 58 valence electrons. The predicted octanol–water partition coefficient (Wildman–Crippen LogP) is 2.46. The van der Waals surface area contributed by atoms with Gasteiger partial charge in [-0.1, -0.05) is 37.4 Å². The molecule has 0 amide bonds. The van der Waals surface area contributed by atoms with E-state index in [1.54, 1.807) is 6.92 Å². The lowest BCUT2D eigenvalue weighted by atomic mass is 10.2. The molecule has 0 aliphatic heterocycles. The van der Waals surface area contributed by atoms with Gasteiger partial charge in [0, 0.05) is 9.13 Å². The molecule has 0 bridgehead atoms. The first-order chi connectivity index (χ1) is 5.24. The number of carbonyl (C=O) groups is 1. The van der Waals surface area contributed by atoms with E-state index in [1.807, 2.05) is 24.3 Å². The van der Waals surface area contributed by atoms with Crippen LogP contribution in [-0.4, -0.2) is 10.3 Å². The Bertz CT molecular complexity index is 274. The number of hydrogen-bond acceptors (Lipinski definition) is 1. The summed E-state index contributed by atoms with van der Waals surface area (Å²) in [6, 6.07) is 7.69. The van der Waals surface area contributed by atoms with E-state index in [0.717, 1.165) is 5.56 Å². The molecular formula is C9H9IO. The molecule has 0 spiro atoms. The number of rotatable bonds is 2. The fraction of sp³-hybridized carbons (Fsp3) is 0.111. The summed E-state index contributed by atoms with van der Waals surface area (Å²) in [7, 11) is 0. The van der Waals surface area contributed by atoms with Crippen molar-refractivity contribution >= 4 is 31.0 Å². The Morgan fingerprint density at radius 2 is 1.91 bits per heavy atom. The van der Waals surface area contributed by atoms with Gasteiger partial charge in [0.2, 0.25) is 0 Å². The molecule has 0 N–H and O–H groups in total. The van der Waals surface area contributed by atoms with Crippen molar-refractivity contribution in [2.75, 3.05) is 0 Å². The summed E-state index contributed by atoms with van der Waals surface area (Å²) in [5.74, 6) is 0.124. The molecule has 0 unspecified atom stereocenters. The summed E-state index contributed by atoms with van der Waals surface area (Å²) < 4.78 is 5.13. The Morgan fingerprint density at radius 1 is 1.36 bits per heavy atom. The van der Waals surface area contributed by atoms with Crippen LogP contribution in [0.25, 0.3) is 0 Å². The summed E-state index contributed by atoms with van der Waals surface area (Å²) in [6.45, 7) is 1.58. The van der Waals surface area contributed by atoms with Gasteiger partial charge in [-0.15, -0.1) is 0 Å². The van der Waals surface area contributed by atoms with Crippen LogP contribution < -0.4 is 0 Å². The van der Waals surface area contributed by atoms with Gasteiger partial charge >= 0.3 is 0 Å². The molecule has 11 heavy (non-hydrogen) atoms. The summed E-state index contributed by atoms with van der Waals surface area (Å²) in [5, 5.41) is 0. The van der Waals surface area contributed by atoms with Crippen LogP contribution in [-0.2, 0) is 0 Å². The molecule has 0 aromatic heterocycles. The van der Waals surface area contributed by atoms with Crippen LogP contribution in [0.15, 0.2) is 24.3 Å². The maximum atomic E-state index is 10.8. The van der Waals surface area contributed by atoms with Crippen molar-refractivity contribution in [3.63, 3.8) is 0 Å². The monoisotopic (exact) mass is 260 g/mol. The smallest absolute Gasteiger partial charge is 0.159 e. The number of halogens is 1. The third kappa shape index (κ3) is 2.22. The summed E-state index contributed by atoms with van der Waals surface area (Å²) in [5.41, 5.74) is 0.784. The van der Waals surface area contributed by atoms with Crippen molar-refractivity contribution < 1.29 is 4.79 Å². The van der Waals surface area contributed by atoms with Crippen molar-refractivity contribution in [2.24, 2.45) is 0 Å². The van der Waals surface area contributed by atoms with Gasteiger partial charge in [-0.25, -0.2) is 0 Å². The van der Waals surface area contributed by atoms with Gasteiger partial charge in [0.25, 0.3) is 0 Å². The summed E-state index contributed by atoms with van der Waals surface area (Å²) in [4.78, 5) is 10.8. The number of hydrogen-bond donors (Lipinski definition) is 0. The normalized spacial score (nSPS) is 9.55. The van der Waals surface area contributed by atoms with Gasteiger partial charge in [-0.3, -0.25) is 4.79 Å². The standard InChI is InChI=1S/C9H9IO/c1-7(11)8-3-5-9(10-2)6-4-8/h3-6H,2H2,1H3. The minimum atomic E-state index is -0.0846. The fourth-order valence-electron chi connectivity index (χ4n) is 0.774. The van der Waals surface area contributed by atoms with Crippen molar-refractivity contribution in [3.05, 3.63) is 33.4 Å². The minimum Gasteiger partial charge on any atom is -0.295 e. The Kier molecular flexibility index (Phi) is 2.93. The molecule has 1 aromatic carbocycles. The van der Waals surface area contributed by atoms with E-state index in [1.165, 1.54) is 3.57 Å². The van der Waals surface area contributed by atoms with Crippen molar-refractivity contribution in [1.29, 1.82) is 0 Å². The van der Waals surface area contributed by atoms with Crippen LogP contribution in [0.2, 0.25) is 0 Å². The van der Waals surface area contributed by atoms with Crippen LogP contribution >= 0.6 is 20.7 Å². The van der Waals surface area contributed by atoms with Crippen LogP contribution in [0.3, 0.4) is 0 Å². The third-order valence-electron chi connectivity index (χ3n) is 1.41. The molecular weight excluding hydrogens is 251 g/mol. The van der Waals surface area contributed by atoms with E-state index in [9.17, 15) is 4.79 Å². The maximum Gasteiger partial charge on any atom is 0.159 e. The van der Waals surface area contributed by atoms with Gasteiger partial charge in [-0.05, 0) is 19.1 Å². The number of benzene rings is 1. The summed E-state index contributed by atoms with van der Waals surface area (Å²) >= 11 is -0.0846. The van der Waals surface area contributed by atoms with Gasteiger partial charge in [-0.2, -0.15) is 0 Å². The number of Topliss-reactive ketones (excluding diaryl/α,β-unsaturated/α-hetero) is 1. The Labute approximate surface area is 76.2 Å². The average Bonchev–Trinajstić information content (AvgIpc) is 2.05. The molecule has 0 heterocycles. The maximum absolute atomic E-state index is 10.8. The molecule has 2 heteroatoms. The van der Waals surface area contributed by atoms with E-state index in [0.29, 0.717) is 0 Å². The van der Waals surface area contributed by atoms with Gasteiger partial charge in [0.1, 0.15) is 0 Å². The van der Waals surface area contributed by atoms with Crippen LogP contribution in [0.4, 0.5) is 0 Å². The molecule has 0 saturated carbocycles. The molecule has 0 aliphatic carbocycles. The van der Waals surface area contributed by atoms with Crippen molar-refractivity contribution in [1.82, 2.24) is 0 Å². The second kappa shape index (κ2) is 3.76. The predicted molar refractivity (Wildman–Crippen MR) is 56.3 cm³/mol. The van der Waals surface area contributed by atoms with Gasteiger partial charge in [0.15, 0.2) is 5.78 Å². The lowest BCUT2D eigenvalue weighted by molar-refractivity contribution is 0.101. The van der Waals surface area contributed by atoms with E-state index in [-0.39, 0.29) is 26.5 Å². The molecule has 0 fully saturated rings. The highest BCUT2D eigenvalue weighted by Crippen LogP contribution is 2.10. The quantitative estimate of drug-likeness (QED) is 0.589. The van der Waals surface area contributed by atoms with E-state index >= 15 is 0 Å². The first-order valence-electron chi connectivity index (χ1n) is 3.23. The van der Waals surface area contributed by atoms with Crippen molar-refractivity contribution in [3.8, 4) is 0 Å². The molecule has 0 atom stereocenters. The first kappa shape index (κ1) is 8.59. The molecule has 1 nitrogen and oxygen atoms in total. The minimum absolute atomic E-state index is 0.0846. The SMILES string of the molecule is C=Ic1ccc(C(C)=O)cc1. The van der Waals surface area contributed by atoms with E-state index in [4.69, 9.17) is 0 Å². The zero-order valence-electron chi connectivity index (χ0n) is 6.30. The van der Waals surface area contributed by atoms with Crippen molar-refractivity contribution in [2.45, 2.75) is 6.92 Å². The highest BCUT2D eigenvalue weighted by Gasteiger charge is 1.96. The zero-order valence-corrected chi connectivity index (χ0v) is 8.46. The average molecular weight is 260 g/mol. The lowest BCUT2D eigenvalue weighted by Gasteiger charge is -1.94. The van der Waals surface area contributed by atoms with Gasteiger partial charge < -0.3 is 0 Å². The van der Waals surface area contributed by atoms with Crippen LogP contribution in [0, 0.1) is 3.57 Å².